The number of halogens is 3. The Balaban J connectivity index is 1.33. The molecule has 242 valence electrons. The zero-order valence-electron chi connectivity index (χ0n) is 25.4. The molecule has 0 bridgehead atoms. The van der Waals surface area contributed by atoms with Crippen molar-refractivity contribution < 1.29 is 22.0 Å². The number of piperazine rings is 1. The minimum atomic E-state index is -3.74. The van der Waals surface area contributed by atoms with Gasteiger partial charge in [0.2, 0.25) is 15.9 Å². The minimum absolute atomic E-state index is 0.235. The maximum Gasteiger partial charge on any atom is 0.243 e. The molecule has 46 heavy (non-hydrogen) atoms. The number of nitrogens with zero attached hydrogens (tertiary/aromatic N) is 1. The van der Waals surface area contributed by atoms with Crippen LogP contribution in [0, 0.1) is 11.6 Å². The van der Waals surface area contributed by atoms with Crippen molar-refractivity contribution in [3.8, 4) is 0 Å². The molecule has 4 aromatic rings. The molecule has 0 aliphatic carbocycles. The monoisotopic (exact) mass is 666 g/mol. The van der Waals surface area contributed by atoms with Gasteiger partial charge in [-0.15, -0.1) is 0 Å². The van der Waals surface area contributed by atoms with Crippen LogP contribution in [0.3, 0.4) is 0 Å². The number of nitrogens with one attached hydrogen (secondary N) is 2. The van der Waals surface area contributed by atoms with Crippen LogP contribution < -0.4 is 16.4 Å². The van der Waals surface area contributed by atoms with Crippen LogP contribution in [-0.4, -0.2) is 49.8 Å². The largest absolute Gasteiger partial charge is 0.324 e. The zero-order valence-corrected chi connectivity index (χ0v) is 26.9. The molecule has 1 aliphatic heterocycles. The summed E-state index contributed by atoms with van der Waals surface area (Å²) in [4.78, 5) is 13.8. The number of benzene rings is 4. The molecule has 5 rings (SSSR count). The second kappa shape index (κ2) is 14.8. The number of carbonyl (C=O) groups is 1. The average Bonchev–Trinajstić information content (AvgIpc) is 3.03. The van der Waals surface area contributed by atoms with Crippen LogP contribution in [0.5, 0.6) is 0 Å². The molecule has 0 spiro atoms. The van der Waals surface area contributed by atoms with Crippen molar-refractivity contribution in [3.63, 3.8) is 0 Å². The lowest BCUT2D eigenvalue weighted by Gasteiger charge is -2.40. The van der Waals surface area contributed by atoms with Crippen LogP contribution in [-0.2, 0) is 21.2 Å². The minimum Gasteiger partial charge on any atom is -0.324 e. The molecular formula is C35H37ClF2N4O3S. The highest BCUT2D eigenvalue weighted by Gasteiger charge is 2.37. The van der Waals surface area contributed by atoms with Crippen molar-refractivity contribution in [3.05, 3.63) is 130 Å². The summed E-state index contributed by atoms with van der Waals surface area (Å²) in [5, 5.41) is 6.62. The number of hydrogen-bond acceptors (Lipinski definition) is 5. The van der Waals surface area contributed by atoms with E-state index in [-0.39, 0.29) is 29.1 Å². The fourth-order valence-electron chi connectivity index (χ4n) is 6.16. The predicted octanol–water partition coefficient (Wildman–Crippen LogP) is 6.09. The highest BCUT2D eigenvalue weighted by molar-refractivity contribution is 7.89. The van der Waals surface area contributed by atoms with Crippen molar-refractivity contribution in [2.24, 2.45) is 5.73 Å². The lowest BCUT2D eigenvalue weighted by Crippen LogP contribution is -2.58. The first-order chi connectivity index (χ1) is 22.1. The third-order valence-corrected chi connectivity index (χ3v) is 10.7. The van der Waals surface area contributed by atoms with Crippen LogP contribution in [0.4, 0.5) is 14.5 Å². The van der Waals surface area contributed by atoms with Crippen LogP contribution >= 0.6 is 11.6 Å². The molecule has 1 amide bonds. The number of nitrogens with two attached hydrogens (primary N) is 1. The van der Waals surface area contributed by atoms with E-state index in [1.165, 1.54) is 24.3 Å². The molecule has 7 nitrogen and oxygen atoms in total. The van der Waals surface area contributed by atoms with Gasteiger partial charge in [-0.2, -0.15) is 4.31 Å². The molecule has 11 heteroatoms. The van der Waals surface area contributed by atoms with Gasteiger partial charge in [0.05, 0.1) is 10.9 Å². The van der Waals surface area contributed by atoms with E-state index in [1.807, 2.05) is 6.92 Å². The first kappa shape index (κ1) is 33.7. The van der Waals surface area contributed by atoms with Gasteiger partial charge >= 0.3 is 0 Å². The molecule has 1 saturated heterocycles. The summed E-state index contributed by atoms with van der Waals surface area (Å²) in [6.45, 7) is 2.87. The molecule has 0 saturated carbocycles. The summed E-state index contributed by atoms with van der Waals surface area (Å²) >= 11 is 6.08. The van der Waals surface area contributed by atoms with Gasteiger partial charge in [-0.3, -0.25) is 4.79 Å². The maximum atomic E-state index is 15.2. The Morgan fingerprint density at radius 2 is 1.70 bits per heavy atom. The number of hydrogen-bond donors (Lipinski definition) is 3. The fourth-order valence-corrected chi connectivity index (χ4v) is 8.16. The van der Waals surface area contributed by atoms with E-state index >= 15 is 4.39 Å². The van der Waals surface area contributed by atoms with Crippen molar-refractivity contribution in [2.45, 2.75) is 55.1 Å². The third-order valence-electron chi connectivity index (χ3n) is 8.37. The first-order valence-electron chi connectivity index (χ1n) is 15.2. The van der Waals surface area contributed by atoms with Gasteiger partial charge in [-0.1, -0.05) is 60.1 Å². The van der Waals surface area contributed by atoms with Crippen molar-refractivity contribution >= 4 is 33.2 Å². The van der Waals surface area contributed by atoms with Crippen LogP contribution in [0.2, 0.25) is 5.02 Å². The highest BCUT2D eigenvalue weighted by atomic mass is 35.5. The molecule has 0 aromatic heterocycles. The molecule has 1 heterocycles. The maximum absolute atomic E-state index is 15.2. The second-order valence-electron chi connectivity index (χ2n) is 11.6. The van der Waals surface area contributed by atoms with E-state index in [0.29, 0.717) is 47.6 Å². The lowest BCUT2D eigenvalue weighted by molar-refractivity contribution is -0.117. The summed E-state index contributed by atoms with van der Waals surface area (Å²) in [6.07, 6.45) is 1.20. The molecular weight excluding hydrogens is 630 g/mol. The summed E-state index contributed by atoms with van der Waals surface area (Å²) < 4.78 is 58.2. The van der Waals surface area contributed by atoms with Gasteiger partial charge in [0.1, 0.15) is 11.6 Å². The van der Waals surface area contributed by atoms with Gasteiger partial charge in [-0.05, 0) is 85.8 Å². The Bertz CT molecular complexity index is 1760. The number of rotatable bonds is 11. The molecule has 4 atom stereocenters. The number of carbonyl (C=O) groups excluding carboxylic acids is 1. The summed E-state index contributed by atoms with van der Waals surface area (Å²) in [5.41, 5.74) is 8.29. The standard InChI is InChI=1S/C35H37ClF2N4O3S/c1-23-21-40-22-28(42(23)46(44,45)29-11-3-2-4-12-29)10-6-13-30-31(38)14-7-15-32(30)41-35(43)34(39)33(24-16-18-26(36)19-17-24)25-8-5-9-27(37)20-25/h2-5,7-9,11-12,14-20,23,28,33-34,40H,6,10,13,21-22,39H2,1H3,(H,41,43)/t23-,28-,33-,34-/m0/s1. The highest BCUT2D eigenvalue weighted by Crippen LogP contribution is 2.31. The van der Waals surface area contributed by atoms with E-state index in [1.54, 1.807) is 77.1 Å². The van der Waals surface area contributed by atoms with E-state index in [0.717, 1.165) is 0 Å². The molecule has 4 N–H and O–H groups in total. The zero-order chi connectivity index (χ0) is 32.8. The first-order valence-corrected chi connectivity index (χ1v) is 17.0. The van der Waals surface area contributed by atoms with Gasteiger partial charge in [0.15, 0.2) is 0 Å². The average molecular weight is 667 g/mol. The molecule has 0 unspecified atom stereocenters. The number of sulfonamides is 1. The van der Waals surface area contributed by atoms with Crippen LogP contribution in [0.1, 0.15) is 42.4 Å². The third kappa shape index (κ3) is 7.65. The van der Waals surface area contributed by atoms with Gasteiger partial charge < -0.3 is 16.4 Å². The number of amides is 1. The normalized spacial score (nSPS) is 18.5. The molecule has 0 radical (unpaired) electrons. The second-order valence-corrected chi connectivity index (χ2v) is 13.8. The topological polar surface area (TPSA) is 105 Å². The van der Waals surface area contributed by atoms with E-state index in [2.05, 4.69) is 10.6 Å². The Morgan fingerprint density at radius 3 is 2.41 bits per heavy atom. The van der Waals surface area contributed by atoms with Gasteiger partial charge in [-0.25, -0.2) is 17.2 Å². The summed E-state index contributed by atoms with van der Waals surface area (Å²) in [7, 11) is -3.74. The Labute approximate surface area is 273 Å². The van der Waals surface area contributed by atoms with Gasteiger partial charge in [0, 0.05) is 47.4 Å². The summed E-state index contributed by atoms with van der Waals surface area (Å²) in [5.74, 6) is -2.23. The number of anilines is 1. The molecule has 1 aliphatic rings. The predicted molar refractivity (Wildman–Crippen MR) is 177 cm³/mol. The SMILES string of the molecule is C[C@H]1CNC[C@H](CCCc2c(F)cccc2NC(=O)[C@@H](N)[C@@H](c2ccc(Cl)cc2)c2cccc(F)c2)N1S(=O)(=O)c1ccccc1. The Morgan fingerprint density at radius 1 is 0.978 bits per heavy atom. The van der Waals surface area contributed by atoms with E-state index in [9.17, 15) is 17.6 Å². The lowest BCUT2D eigenvalue weighted by atomic mass is 9.85. The fraction of sp³-hybridized carbons (Fsp3) is 0.286. The smallest absolute Gasteiger partial charge is 0.243 e. The molecule has 1 fully saturated rings. The quantitative estimate of drug-likeness (QED) is 0.180. The van der Waals surface area contributed by atoms with Crippen LogP contribution in [0.25, 0.3) is 0 Å². The van der Waals surface area contributed by atoms with Crippen molar-refractivity contribution in [2.75, 3.05) is 18.4 Å². The van der Waals surface area contributed by atoms with Crippen molar-refractivity contribution in [1.82, 2.24) is 9.62 Å². The van der Waals surface area contributed by atoms with E-state index in [4.69, 9.17) is 17.3 Å². The van der Waals surface area contributed by atoms with E-state index < -0.39 is 39.5 Å². The summed E-state index contributed by atoms with van der Waals surface area (Å²) in [6, 6.07) is 23.8. The Kier molecular flexibility index (Phi) is 10.9. The van der Waals surface area contributed by atoms with Crippen molar-refractivity contribution in [1.29, 1.82) is 0 Å². The molecule has 4 aromatic carbocycles. The Hall–Kier alpha value is -3.67. The van der Waals surface area contributed by atoms with Crippen LogP contribution in [0.15, 0.2) is 102 Å². The van der Waals surface area contributed by atoms with Gasteiger partial charge in [0.25, 0.3) is 0 Å².